The quantitative estimate of drug-likeness (QED) is 0.826. The highest BCUT2D eigenvalue weighted by Gasteiger charge is 2.50. The maximum Gasteiger partial charge on any atom is 0.0864 e. The van der Waals surface area contributed by atoms with Crippen LogP contribution in [-0.2, 0) is 4.74 Å². The Morgan fingerprint density at radius 3 is 2.75 bits per heavy atom. The molecule has 2 aliphatic rings. The summed E-state index contributed by atoms with van der Waals surface area (Å²) in [5, 5.41) is 10.4. The van der Waals surface area contributed by atoms with Crippen molar-refractivity contribution in [2.45, 2.75) is 51.4 Å². The van der Waals surface area contributed by atoms with Gasteiger partial charge in [0.1, 0.15) is 0 Å². The van der Waals surface area contributed by atoms with Crippen LogP contribution in [0, 0.1) is 17.8 Å². The van der Waals surface area contributed by atoms with Gasteiger partial charge in [-0.1, -0.05) is 35.0 Å². The minimum absolute atomic E-state index is 0.0868. The van der Waals surface area contributed by atoms with Crippen LogP contribution in [0.1, 0.15) is 45.3 Å². The molecule has 1 aromatic rings. The molecule has 3 rings (SSSR count). The zero-order chi connectivity index (χ0) is 14.5. The number of halogens is 1. The highest BCUT2D eigenvalue weighted by molar-refractivity contribution is 9.10. The van der Waals surface area contributed by atoms with Crippen LogP contribution in [0.3, 0.4) is 0 Å². The molecule has 2 nitrogen and oxygen atoms in total. The van der Waals surface area contributed by atoms with Gasteiger partial charge in [-0.2, -0.15) is 0 Å². The molecule has 1 aliphatic heterocycles. The highest BCUT2D eigenvalue weighted by Crippen LogP contribution is 2.53. The van der Waals surface area contributed by atoms with Crippen molar-refractivity contribution in [3.63, 3.8) is 0 Å². The lowest BCUT2D eigenvalue weighted by molar-refractivity contribution is -0.215. The molecule has 2 bridgehead atoms. The number of fused-ring (bicyclic) bond motifs is 2. The molecule has 1 aliphatic carbocycles. The largest absolute Gasteiger partial charge is 0.393 e. The van der Waals surface area contributed by atoms with E-state index < -0.39 is 0 Å². The Morgan fingerprint density at radius 2 is 2.05 bits per heavy atom. The van der Waals surface area contributed by atoms with Crippen LogP contribution >= 0.6 is 15.9 Å². The molecule has 1 heterocycles. The van der Waals surface area contributed by atoms with Gasteiger partial charge < -0.3 is 9.84 Å². The van der Waals surface area contributed by atoms with Gasteiger partial charge in [-0.15, -0.1) is 0 Å². The zero-order valence-corrected chi connectivity index (χ0v) is 13.9. The van der Waals surface area contributed by atoms with Crippen LogP contribution in [0.25, 0.3) is 0 Å². The van der Waals surface area contributed by atoms with Crippen molar-refractivity contribution < 1.29 is 9.84 Å². The topological polar surface area (TPSA) is 29.5 Å². The number of rotatable bonds is 1. The molecular formula is C17H23BrO2. The first-order chi connectivity index (χ1) is 9.38. The number of hydrogen-bond donors (Lipinski definition) is 1. The van der Waals surface area contributed by atoms with Crippen molar-refractivity contribution >= 4 is 15.9 Å². The molecule has 1 saturated heterocycles. The fourth-order valence-corrected chi connectivity index (χ4v) is 4.32. The molecule has 2 unspecified atom stereocenters. The lowest BCUT2D eigenvalue weighted by Crippen LogP contribution is -2.52. The summed E-state index contributed by atoms with van der Waals surface area (Å²) >= 11 is 3.55. The van der Waals surface area contributed by atoms with E-state index in [2.05, 4.69) is 54.9 Å². The lowest BCUT2D eigenvalue weighted by Gasteiger charge is -2.53. The van der Waals surface area contributed by atoms with Crippen molar-refractivity contribution in [2.24, 2.45) is 17.8 Å². The van der Waals surface area contributed by atoms with Gasteiger partial charge in [0, 0.05) is 4.47 Å². The molecule has 0 spiro atoms. The number of hydrogen-bond acceptors (Lipinski definition) is 2. The van der Waals surface area contributed by atoms with E-state index in [1.807, 2.05) is 6.07 Å². The molecule has 1 aromatic carbocycles. The van der Waals surface area contributed by atoms with E-state index in [-0.39, 0.29) is 17.8 Å². The first-order valence-corrected chi connectivity index (χ1v) is 8.29. The molecule has 2 fully saturated rings. The maximum absolute atomic E-state index is 10.4. The van der Waals surface area contributed by atoms with Gasteiger partial charge >= 0.3 is 0 Å². The molecule has 0 amide bonds. The van der Waals surface area contributed by atoms with Gasteiger partial charge in [0.15, 0.2) is 0 Å². The Morgan fingerprint density at radius 1 is 1.30 bits per heavy atom. The van der Waals surface area contributed by atoms with Crippen LogP contribution < -0.4 is 0 Å². The van der Waals surface area contributed by atoms with Gasteiger partial charge in [0.05, 0.1) is 17.8 Å². The molecule has 20 heavy (non-hydrogen) atoms. The van der Waals surface area contributed by atoms with E-state index >= 15 is 0 Å². The Kier molecular flexibility index (Phi) is 3.72. The predicted octanol–water partition coefficient (Wildman–Crippen LogP) is 4.32. The summed E-state index contributed by atoms with van der Waals surface area (Å²) in [6, 6.07) is 8.39. The summed E-state index contributed by atoms with van der Waals surface area (Å²) in [5.41, 5.74) is 1.06. The minimum atomic E-state index is -0.198. The van der Waals surface area contributed by atoms with E-state index in [1.54, 1.807) is 0 Å². The maximum atomic E-state index is 10.4. The lowest BCUT2D eigenvalue weighted by atomic mass is 9.63. The fourth-order valence-electron chi connectivity index (χ4n) is 3.91. The highest BCUT2D eigenvalue weighted by atomic mass is 79.9. The molecule has 110 valence electrons. The molecule has 0 aromatic heterocycles. The zero-order valence-electron chi connectivity index (χ0n) is 12.3. The third-order valence-electron chi connectivity index (χ3n) is 5.34. The normalized spacial score (nSPS) is 39.5. The summed E-state index contributed by atoms with van der Waals surface area (Å²) in [7, 11) is 0. The first-order valence-electron chi connectivity index (χ1n) is 7.50. The molecule has 1 saturated carbocycles. The monoisotopic (exact) mass is 338 g/mol. The fraction of sp³-hybridized carbons (Fsp3) is 0.647. The van der Waals surface area contributed by atoms with Crippen LogP contribution in [-0.4, -0.2) is 16.8 Å². The van der Waals surface area contributed by atoms with Crippen molar-refractivity contribution in [1.29, 1.82) is 0 Å². The van der Waals surface area contributed by atoms with Gasteiger partial charge in [0.25, 0.3) is 0 Å². The van der Waals surface area contributed by atoms with E-state index in [1.165, 1.54) is 5.56 Å². The number of aliphatic hydroxyl groups excluding tert-OH is 1. The summed E-state index contributed by atoms with van der Waals surface area (Å²) in [6.45, 7) is 6.50. The Balaban J connectivity index is 1.97. The molecular weight excluding hydrogens is 316 g/mol. The van der Waals surface area contributed by atoms with Gasteiger partial charge in [0.2, 0.25) is 0 Å². The Labute approximate surface area is 129 Å². The average Bonchev–Trinajstić information content (AvgIpc) is 2.38. The van der Waals surface area contributed by atoms with E-state index in [0.717, 1.165) is 17.3 Å². The standard InChI is InChI=1S/C17H23BrO2/c1-10-14-8-12(9-15(10)19)17(2,3)20-16(14)11-5-4-6-13(18)7-11/h4-7,10,12,14-16,19H,8-9H2,1-3H3/t10-,12?,14?,15-,16-/m0/s1. The SMILES string of the molecule is C[C@H]1C2CC(C[C@@H]1O)C(C)(C)O[C@H]2c1cccc(Br)c1. The van der Waals surface area contributed by atoms with Crippen LogP contribution in [0.4, 0.5) is 0 Å². The van der Waals surface area contributed by atoms with Crippen LogP contribution in [0.15, 0.2) is 28.7 Å². The number of benzene rings is 1. The van der Waals surface area contributed by atoms with Crippen molar-refractivity contribution in [1.82, 2.24) is 0 Å². The number of ether oxygens (including phenoxy) is 1. The molecule has 0 radical (unpaired) electrons. The Hall–Kier alpha value is -0.380. The second-order valence-corrected chi connectivity index (χ2v) is 7.87. The summed E-state index contributed by atoms with van der Waals surface area (Å²) < 4.78 is 7.55. The summed E-state index contributed by atoms with van der Waals surface area (Å²) in [4.78, 5) is 0. The van der Waals surface area contributed by atoms with Gasteiger partial charge in [-0.05, 0) is 62.1 Å². The average molecular weight is 339 g/mol. The third-order valence-corrected chi connectivity index (χ3v) is 5.84. The summed E-state index contributed by atoms with van der Waals surface area (Å²) in [5.74, 6) is 1.17. The second-order valence-electron chi connectivity index (χ2n) is 6.96. The summed E-state index contributed by atoms with van der Waals surface area (Å²) in [6.07, 6.45) is 1.92. The third kappa shape index (κ3) is 2.44. The second kappa shape index (κ2) is 5.11. The first kappa shape index (κ1) is 14.6. The minimum Gasteiger partial charge on any atom is -0.393 e. The van der Waals surface area contributed by atoms with E-state index in [9.17, 15) is 5.11 Å². The van der Waals surface area contributed by atoms with E-state index in [0.29, 0.717) is 17.8 Å². The Bertz CT molecular complexity index is 500. The molecule has 5 atom stereocenters. The van der Waals surface area contributed by atoms with Crippen molar-refractivity contribution in [2.75, 3.05) is 0 Å². The van der Waals surface area contributed by atoms with E-state index in [4.69, 9.17) is 4.74 Å². The van der Waals surface area contributed by atoms with Gasteiger partial charge in [-0.3, -0.25) is 0 Å². The molecule has 3 heteroatoms. The van der Waals surface area contributed by atoms with Crippen LogP contribution in [0.2, 0.25) is 0 Å². The smallest absolute Gasteiger partial charge is 0.0864 e. The van der Waals surface area contributed by atoms with Crippen LogP contribution in [0.5, 0.6) is 0 Å². The van der Waals surface area contributed by atoms with Crippen molar-refractivity contribution in [3.05, 3.63) is 34.3 Å². The van der Waals surface area contributed by atoms with Gasteiger partial charge in [-0.25, -0.2) is 0 Å². The van der Waals surface area contributed by atoms with Crippen molar-refractivity contribution in [3.8, 4) is 0 Å². The number of aliphatic hydroxyl groups is 1. The predicted molar refractivity (Wildman–Crippen MR) is 83.4 cm³/mol. The molecule has 1 N–H and O–H groups in total.